The van der Waals surface area contributed by atoms with Crippen LogP contribution < -0.4 is 5.32 Å². The molecule has 0 radical (unpaired) electrons. The molecule has 1 aromatic rings. The molecule has 0 spiro atoms. The lowest BCUT2D eigenvalue weighted by molar-refractivity contribution is 0.0951. The monoisotopic (exact) mass is 249 g/mol. The minimum Gasteiger partial charge on any atom is -0.396 e. The Morgan fingerprint density at radius 2 is 1.89 bits per heavy atom. The van der Waals surface area contributed by atoms with E-state index < -0.39 is 0 Å². The maximum atomic E-state index is 11.7. The predicted molar refractivity (Wildman–Crippen MR) is 73.7 cm³/mol. The van der Waals surface area contributed by atoms with Gasteiger partial charge in [-0.25, -0.2) is 0 Å². The molecular formula is C15H23NO2. The number of rotatable bonds is 8. The van der Waals surface area contributed by atoms with Gasteiger partial charge in [0.2, 0.25) is 0 Å². The molecule has 1 amide bonds. The third-order valence-corrected chi connectivity index (χ3v) is 2.91. The number of unbranched alkanes of at least 4 members (excludes halogenated alkanes) is 2. The molecule has 0 aliphatic rings. The average Bonchev–Trinajstić information content (AvgIpc) is 2.40. The molecule has 0 aromatic heterocycles. The summed E-state index contributed by atoms with van der Waals surface area (Å²) < 4.78 is 0. The van der Waals surface area contributed by atoms with Gasteiger partial charge >= 0.3 is 0 Å². The Labute approximate surface area is 109 Å². The van der Waals surface area contributed by atoms with Gasteiger partial charge in [0.05, 0.1) is 0 Å². The summed E-state index contributed by atoms with van der Waals surface area (Å²) in [5, 5.41) is 11.4. The first-order valence-electron chi connectivity index (χ1n) is 6.76. The van der Waals surface area contributed by atoms with Crippen LogP contribution in [0.5, 0.6) is 0 Å². The van der Waals surface area contributed by atoms with Crippen LogP contribution in [-0.2, 0) is 6.42 Å². The van der Waals surface area contributed by atoms with Crippen molar-refractivity contribution in [3.05, 3.63) is 35.4 Å². The summed E-state index contributed by atoms with van der Waals surface area (Å²) in [5.41, 5.74) is 1.97. The molecule has 0 aliphatic carbocycles. The number of aryl methyl sites for hydroxylation is 1. The molecule has 0 heterocycles. The zero-order valence-electron chi connectivity index (χ0n) is 11.1. The van der Waals surface area contributed by atoms with Crippen LogP contribution in [0.3, 0.4) is 0 Å². The zero-order valence-corrected chi connectivity index (χ0v) is 11.1. The first-order valence-corrected chi connectivity index (χ1v) is 6.76. The SMILES string of the molecule is CCCCCc1ccc(C(=O)NCCCO)cc1. The number of carbonyl (C=O) groups is 1. The Hall–Kier alpha value is -1.35. The molecule has 3 nitrogen and oxygen atoms in total. The number of nitrogens with one attached hydrogen (secondary N) is 1. The summed E-state index contributed by atoms with van der Waals surface area (Å²) in [6.07, 6.45) is 5.37. The van der Waals surface area contributed by atoms with Crippen molar-refractivity contribution >= 4 is 5.91 Å². The normalized spacial score (nSPS) is 10.3. The molecule has 1 rings (SSSR count). The van der Waals surface area contributed by atoms with Crippen molar-refractivity contribution in [3.63, 3.8) is 0 Å². The van der Waals surface area contributed by atoms with Crippen LogP contribution in [0.2, 0.25) is 0 Å². The van der Waals surface area contributed by atoms with E-state index in [-0.39, 0.29) is 12.5 Å². The Morgan fingerprint density at radius 1 is 1.17 bits per heavy atom. The fraction of sp³-hybridized carbons (Fsp3) is 0.533. The van der Waals surface area contributed by atoms with Gasteiger partial charge < -0.3 is 10.4 Å². The second-order valence-corrected chi connectivity index (χ2v) is 4.49. The van der Waals surface area contributed by atoms with Crippen LogP contribution in [-0.4, -0.2) is 24.2 Å². The van der Waals surface area contributed by atoms with E-state index in [4.69, 9.17) is 5.11 Å². The molecule has 3 heteroatoms. The quantitative estimate of drug-likeness (QED) is 0.696. The van der Waals surface area contributed by atoms with Gasteiger partial charge in [-0.05, 0) is 37.0 Å². The molecule has 0 fully saturated rings. The molecule has 0 unspecified atom stereocenters. The molecule has 0 bridgehead atoms. The van der Waals surface area contributed by atoms with E-state index in [0.29, 0.717) is 18.5 Å². The first kappa shape index (κ1) is 14.7. The van der Waals surface area contributed by atoms with Crippen LogP contribution in [0.4, 0.5) is 0 Å². The van der Waals surface area contributed by atoms with Gasteiger partial charge in [0, 0.05) is 18.7 Å². The van der Waals surface area contributed by atoms with Gasteiger partial charge in [0.25, 0.3) is 5.91 Å². The number of aliphatic hydroxyl groups is 1. The minimum atomic E-state index is -0.0661. The number of benzene rings is 1. The van der Waals surface area contributed by atoms with Crippen molar-refractivity contribution in [2.75, 3.05) is 13.2 Å². The largest absolute Gasteiger partial charge is 0.396 e. The summed E-state index contributed by atoms with van der Waals surface area (Å²) >= 11 is 0. The molecule has 2 N–H and O–H groups in total. The lowest BCUT2D eigenvalue weighted by Gasteiger charge is -2.05. The molecule has 0 aliphatic heterocycles. The number of carbonyl (C=O) groups excluding carboxylic acids is 1. The summed E-state index contributed by atoms with van der Waals surface area (Å²) in [6, 6.07) is 7.79. The lowest BCUT2D eigenvalue weighted by atomic mass is 10.1. The molecule has 100 valence electrons. The van der Waals surface area contributed by atoms with Crippen LogP contribution in [0.1, 0.15) is 48.5 Å². The van der Waals surface area contributed by atoms with Crippen molar-refractivity contribution in [2.45, 2.75) is 39.0 Å². The zero-order chi connectivity index (χ0) is 13.2. The van der Waals surface area contributed by atoms with Gasteiger partial charge in [-0.3, -0.25) is 4.79 Å². The van der Waals surface area contributed by atoms with Crippen LogP contribution in [0.25, 0.3) is 0 Å². The second kappa shape index (κ2) is 8.70. The Morgan fingerprint density at radius 3 is 2.50 bits per heavy atom. The fourth-order valence-electron chi connectivity index (χ4n) is 1.78. The van der Waals surface area contributed by atoms with Crippen molar-refractivity contribution in [1.29, 1.82) is 0 Å². The van der Waals surface area contributed by atoms with Gasteiger partial charge in [0.15, 0.2) is 0 Å². The predicted octanol–water partition coefficient (Wildman–Crippen LogP) is 2.53. The van der Waals surface area contributed by atoms with Crippen LogP contribution in [0, 0.1) is 0 Å². The maximum absolute atomic E-state index is 11.7. The third-order valence-electron chi connectivity index (χ3n) is 2.91. The highest BCUT2D eigenvalue weighted by Gasteiger charge is 2.04. The number of hydrogen-bond acceptors (Lipinski definition) is 2. The van der Waals surface area contributed by atoms with Gasteiger partial charge in [-0.1, -0.05) is 31.9 Å². The smallest absolute Gasteiger partial charge is 0.251 e. The van der Waals surface area contributed by atoms with Gasteiger partial charge in [-0.2, -0.15) is 0 Å². The molecule has 18 heavy (non-hydrogen) atoms. The number of aliphatic hydroxyl groups excluding tert-OH is 1. The van der Waals surface area contributed by atoms with E-state index in [9.17, 15) is 4.79 Å². The van der Waals surface area contributed by atoms with Crippen molar-refractivity contribution in [3.8, 4) is 0 Å². The van der Waals surface area contributed by atoms with Crippen molar-refractivity contribution in [2.24, 2.45) is 0 Å². The van der Waals surface area contributed by atoms with E-state index in [1.807, 2.05) is 24.3 Å². The van der Waals surface area contributed by atoms with Crippen LogP contribution >= 0.6 is 0 Å². The van der Waals surface area contributed by atoms with Gasteiger partial charge in [-0.15, -0.1) is 0 Å². The number of hydrogen-bond donors (Lipinski definition) is 2. The maximum Gasteiger partial charge on any atom is 0.251 e. The number of amides is 1. The third kappa shape index (κ3) is 5.32. The van der Waals surface area contributed by atoms with E-state index in [1.165, 1.54) is 24.8 Å². The highest BCUT2D eigenvalue weighted by atomic mass is 16.3. The summed E-state index contributed by atoms with van der Waals surface area (Å²) in [7, 11) is 0. The molecule has 0 saturated carbocycles. The first-order chi connectivity index (χ1) is 8.77. The lowest BCUT2D eigenvalue weighted by Crippen LogP contribution is -2.24. The standard InChI is InChI=1S/C15H23NO2/c1-2-3-4-6-13-7-9-14(10-8-13)15(18)16-11-5-12-17/h7-10,17H,2-6,11-12H2,1H3,(H,16,18). The Balaban J connectivity index is 2.41. The fourth-order valence-corrected chi connectivity index (χ4v) is 1.78. The van der Waals surface area contributed by atoms with Gasteiger partial charge in [0.1, 0.15) is 0 Å². The van der Waals surface area contributed by atoms with E-state index >= 15 is 0 Å². The van der Waals surface area contributed by atoms with Crippen molar-refractivity contribution < 1.29 is 9.90 Å². The van der Waals surface area contributed by atoms with E-state index in [0.717, 1.165) is 6.42 Å². The summed E-state index contributed by atoms with van der Waals surface area (Å²) in [4.78, 5) is 11.7. The molecule has 0 saturated heterocycles. The minimum absolute atomic E-state index is 0.0661. The molecular weight excluding hydrogens is 226 g/mol. The summed E-state index contributed by atoms with van der Waals surface area (Å²) in [6.45, 7) is 2.82. The highest BCUT2D eigenvalue weighted by molar-refractivity contribution is 5.94. The topological polar surface area (TPSA) is 49.3 Å². The highest BCUT2D eigenvalue weighted by Crippen LogP contribution is 2.08. The Kier molecular flexibility index (Phi) is 7.11. The second-order valence-electron chi connectivity index (χ2n) is 4.49. The van der Waals surface area contributed by atoms with Crippen LogP contribution in [0.15, 0.2) is 24.3 Å². The van der Waals surface area contributed by atoms with E-state index in [2.05, 4.69) is 12.2 Å². The summed E-state index contributed by atoms with van der Waals surface area (Å²) in [5.74, 6) is -0.0661. The molecule has 1 aromatic carbocycles. The Bertz CT molecular complexity index is 346. The molecule has 0 atom stereocenters. The van der Waals surface area contributed by atoms with Crippen molar-refractivity contribution in [1.82, 2.24) is 5.32 Å². The van der Waals surface area contributed by atoms with E-state index in [1.54, 1.807) is 0 Å². The average molecular weight is 249 g/mol.